The zero-order valence-electron chi connectivity index (χ0n) is 12.4. The first-order chi connectivity index (χ1) is 10.8. The van der Waals surface area contributed by atoms with E-state index in [1.54, 1.807) is 36.4 Å². The molecule has 0 aliphatic heterocycles. The predicted octanol–water partition coefficient (Wildman–Crippen LogP) is 3.32. The first-order valence-corrected chi connectivity index (χ1v) is 8.70. The van der Waals surface area contributed by atoms with Crippen LogP contribution < -0.4 is 4.31 Å². The van der Waals surface area contributed by atoms with Crippen molar-refractivity contribution in [1.29, 1.82) is 0 Å². The number of aliphatic carboxylic acids is 1. The number of rotatable bonds is 6. The van der Waals surface area contributed by atoms with Crippen molar-refractivity contribution in [3.05, 3.63) is 59.1 Å². The molecule has 0 aliphatic carbocycles. The summed E-state index contributed by atoms with van der Waals surface area (Å²) in [4.78, 5) is 11.0. The SMILES string of the molecule is Cc1ccc(S(=O)(=O)N(CCC(=O)O)c2ccccc2Cl)cc1. The van der Waals surface area contributed by atoms with Crippen LogP contribution in [-0.4, -0.2) is 26.0 Å². The fourth-order valence-electron chi connectivity index (χ4n) is 2.06. The van der Waals surface area contributed by atoms with E-state index in [-0.39, 0.29) is 28.6 Å². The van der Waals surface area contributed by atoms with E-state index in [4.69, 9.17) is 16.7 Å². The summed E-state index contributed by atoms with van der Waals surface area (Å²) in [6.07, 6.45) is -0.323. The summed E-state index contributed by atoms with van der Waals surface area (Å²) in [5.74, 6) is -1.08. The van der Waals surface area contributed by atoms with Gasteiger partial charge in [0, 0.05) is 6.54 Å². The molecule has 122 valence electrons. The summed E-state index contributed by atoms with van der Waals surface area (Å²) in [6.45, 7) is 1.65. The summed E-state index contributed by atoms with van der Waals surface area (Å²) in [5.41, 5.74) is 1.19. The van der Waals surface area contributed by atoms with Crippen LogP contribution >= 0.6 is 11.6 Å². The number of halogens is 1. The summed E-state index contributed by atoms with van der Waals surface area (Å²) in [7, 11) is -3.90. The maximum atomic E-state index is 12.9. The quantitative estimate of drug-likeness (QED) is 0.864. The minimum Gasteiger partial charge on any atom is -0.481 e. The standard InChI is InChI=1S/C16H16ClNO4S/c1-12-6-8-13(9-7-12)23(21,22)18(11-10-16(19)20)15-5-3-2-4-14(15)17/h2-9H,10-11H2,1H3,(H,19,20). The molecule has 0 spiro atoms. The van der Waals surface area contributed by atoms with Gasteiger partial charge in [-0.15, -0.1) is 0 Å². The van der Waals surface area contributed by atoms with E-state index in [2.05, 4.69) is 0 Å². The summed E-state index contributed by atoms with van der Waals surface area (Å²) in [5, 5.41) is 9.14. The average Bonchev–Trinajstić information content (AvgIpc) is 2.49. The Morgan fingerprint density at radius 1 is 1.13 bits per heavy atom. The lowest BCUT2D eigenvalue weighted by Gasteiger charge is -2.25. The summed E-state index contributed by atoms with van der Waals surface area (Å²) >= 11 is 6.10. The van der Waals surface area contributed by atoms with Gasteiger partial charge in [0.1, 0.15) is 0 Å². The van der Waals surface area contributed by atoms with Crippen LogP contribution in [0.3, 0.4) is 0 Å². The molecule has 0 amide bonds. The van der Waals surface area contributed by atoms with Crippen LogP contribution in [0.1, 0.15) is 12.0 Å². The van der Waals surface area contributed by atoms with Gasteiger partial charge in [0.15, 0.2) is 0 Å². The Kier molecular flexibility index (Phi) is 5.28. The number of anilines is 1. The minimum absolute atomic E-state index is 0.0911. The highest BCUT2D eigenvalue weighted by Crippen LogP contribution is 2.30. The molecule has 0 saturated carbocycles. The fraction of sp³-hybridized carbons (Fsp3) is 0.188. The zero-order chi connectivity index (χ0) is 17.0. The van der Waals surface area contributed by atoms with Crippen LogP contribution in [0, 0.1) is 6.92 Å². The molecular weight excluding hydrogens is 338 g/mol. The maximum absolute atomic E-state index is 12.9. The van der Waals surface area contributed by atoms with Gasteiger partial charge in [0.2, 0.25) is 0 Å². The normalized spacial score (nSPS) is 11.2. The first kappa shape index (κ1) is 17.3. The summed E-state index contributed by atoms with van der Waals surface area (Å²) in [6, 6.07) is 12.8. The Bertz CT molecular complexity index is 803. The minimum atomic E-state index is -3.90. The van der Waals surface area contributed by atoms with Gasteiger partial charge in [0.05, 0.1) is 22.0 Å². The van der Waals surface area contributed by atoms with Crippen molar-refractivity contribution < 1.29 is 18.3 Å². The molecule has 2 rings (SSSR count). The number of hydrogen-bond donors (Lipinski definition) is 1. The van der Waals surface area contributed by atoms with Crippen LogP contribution in [0.25, 0.3) is 0 Å². The van der Waals surface area contributed by atoms with Crippen LogP contribution in [0.2, 0.25) is 5.02 Å². The van der Waals surface area contributed by atoms with Crippen molar-refractivity contribution in [2.75, 3.05) is 10.8 Å². The van der Waals surface area contributed by atoms with Crippen molar-refractivity contribution >= 4 is 33.3 Å². The third-order valence-electron chi connectivity index (χ3n) is 3.26. The molecule has 7 heteroatoms. The van der Waals surface area contributed by atoms with E-state index in [1.807, 2.05) is 6.92 Å². The number of hydrogen-bond acceptors (Lipinski definition) is 3. The molecular formula is C16H16ClNO4S. The second kappa shape index (κ2) is 7.02. The third kappa shape index (κ3) is 4.03. The molecule has 0 bridgehead atoms. The molecule has 0 radical (unpaired) electrons. The molecule has 2 aromatic carbocycles. The number of carboxylic acids is 1. The van der Waals surface area contributed by atoms with Gasteiger partial charge in [-0.25, -0.2) is 8.42 Å². The van der Waals surface area contributed by atoms with Gasteiger partial charge in [-0.2, -0.15) is 0 Å². The zero-order valence-corrected chi connectivity index (χ0v) is 14.0. The van der Waals surface area contributed by atoms with Gasteiger partial charge in [0.25, 0.3) is 10.0 Å². The van der Waals surface area contributed by atoms with E-state index in [0.717, 1.165) is 9.87 Å². The molecule has 5 nitrogen and oxygen atoms in total. The molecule has 0 fully saturated rings. The van der Waals surface area contributed by atoms with Crippen LogP contribution in [-0.2, 0) is 14.8 Å². The maximum Gasteiger partial charge on any atom is 0.305 e. The number of carbonyl (C=O) groups is 1. The molecule has 2 aromatic rings. The second-order valence-corrected chi connectivity index (χ2v) is 7.25. The molecule has 23 heavy (non-hydrogen) atoms. The van der Waals surface area contributed by atoms with Gasteiger partial charge in [-0.3, -0.25) is 9.10 Å². The van der Waals surface area contributed by atoms with E-state index < -0.39 is 16.0 Å². The second-order valence-electron chi connectivity index (χ2n) is 4.99. The number of benzene rings is 2. The van der Waals surface area contributed by atoms with Crippen molar-refractivity contribution in [3.8, 4) is 0 Å². The molecule has 0 aliphatic rings. The summed E-state index contributed by atoms with van der Waals surface area (Å²) < 4.78 is 26.8. The van der Waals surface area contributed by atoms with Crippen molar-refractivity contribution in [2.45, 2.75) is 18.2 Å². The van der Waals surface area contributed by atoms with Gasteiger partial charge in [-0.05, 0) is 31.2 Å². The molecule has 0 saturated heterocycles. The average molecular weight is 354 g/mol. The first-order valence-electron chi connectivity index (χ1n) is 6.88. The lowest BCUT2D eigenvalue weighted by molar-refractivity contribution is -0.136. The van der Waals surface area contributed by atoms with Crippen molar-refractivity contribution in [3.63, 3.8) is 0 Å². The van der Waals surface area contributed by atoms with Gasteiger partial charge < -0.3 is 5.11 Å². The lowest BCUT2D eigenvalue weighted by atomic mass is 10.2. The fourth-order valence-corrected chi connectivity index (χ4v) is 3.83. The molecule has 1 N–H and O–H groups in total. The van der Waals surface area contributed by atoms with Crippen LogP contribution in [0.4, 0.5) is 5.69 Å². The molecule has 0 atom stereocenters. The topological polar surface area (TPSA) is 74.7 Å². The number of nitrogens with zero attached hydrogens (tertiary/aromatic N) is 1. The van der Waals surface area contributed by atoms with Crippen LogP contribution in [0.5, 0.6) is 0 Å². The largest absolute Gasteiger partial charge is 0.481 e. The van der Waals surface area contributed by atoms with Crippen LogP contribution in [0.15, 0.2) is 53.4 Å². The number of aryl methyl sites for hydroxylation is 1. The molecule has 0 aromatic heterocycles. The highest BCUT2D eigenvalue weighted by Gasteiger charge is 2.26. The Morgan fingerprint density at radius 2 is 1.74 bits per heavy atom. The van der Waals surface area contributed by atoms with E-state index in [9.17, 15) is 13.2 Å². The lowest BCUT2D eigenvalue weighted by Crippen LogP contribution is -2.33. The molecule has 0 unspecified atom stereocenters. The van der Waals surface area contributed by atoms with Crippen molar-refractivity contribution in [2.24, 2.45) is 0 Å². The monoisotopic (exact) mass is 353 g/mol. The van der Waals surface area contributed by atoms with Gasteiger partial charge >= 0.3 is 5.97 Å². The highest BCUT2D eigenvalue weighted by molar-refractivity contribution is 7.92. The Labute approximate surface area is 140 Å². The Morgan fingerprint density at radius 3 is 2.30 bits per heavy atom. The number of carboxylic acid groups (broad SMARTS) is 1. The number of para-hydroxylation sites is 1. The van der Waals surface area contributed by atoms with Gasteiger partial charge in [-0.1, -0.05) is 41.4 Å². The third-order valence-corrected chi connectivity index (χ3v) is 5.41. The smallest absolute Gasteiger partial charge is 0.305 e. The molecule has 0 heterocycles. The van der Waals surface area contributed by atoms with Crippen molar-refractivity contribution in [1.82, 2.24) is 0 Å². The highest BCUT2D eigenvalue weighted by atomic mass is 35.5. The van der Waals surface area contributed by atoms with E-state index >= 15 is 0 Å². The Hall–Kier alpha value is -2.05. The van der Waals surface area contributed by atoms with E-state index in [0.29, 0.717) is 0 Å². The number of sulfonamides is 1. The van der Waals surface area contributed by atoms with E-state index in [1.165, 1.54) is 12.1 Å². The Balaban J connectivity index is 2.50. The predicted molar refractivity (Wildman–Crippen MR) is 89.4 cm³/mol.